The largest absolute Gasteiger partial charge is 0.504 e. The fourth-order valence-electron chi connectivity index (χ4n) is 2.63. The zero-order valence-electron chi connectivity index (χ0n) is 11.8. The summed E-state index contributed by atoms with van der Waals surface area (Å²) in [6, 6.07) is 8.95. The summed E-state index contributed by atoms with van der Waals surface area (Å²) >= 11 is 0. The topological polar surface area (TPSA) is 67.8 Å². The number of nitrogens with one attached hydrogen (secondary N) is 1. The van der Waals surface area contributed by atoms with Crippen molar-refractivity contribution in [3.63, 3.8) is 0 Å². The second-order valence-electron chi connectivity index (χ2n) is 4.71. The van der Waals surface area contributed by atoms with E-state index in [-0.39, 0.29) is 17.4 Å². The summed E-state index contributed by atoms with van der Waals surface area (Å²) < 4.78 is 10.4. The number of hydrogen-bond acceptors (Lipinski definition) is 4. The van der Waals surface area contributed by atoms with Crippen LogP contribution in [0.25, 0.3) is 11.1 Å². The van der Waals surface area contributed by atoms with E-state index in [0.717, 1.165) is 11.1 Å². The first kappa shape index (κ1) is 13.3. The van der Waals surface area contributed by atoms with Crippen LogP contribution in [0.2, 0.25) is 0 Å². The first-order chi connectivity index (χ1) is 10.2. The summed E-state index contributed by atoms with van der Waals surface area (Å²) in [6.45, 7) is 0.456. The Morgan fingerprint density at radius 3 is 2.52 bits per heavy atom. The van der Waals surface area contributed by atoms with Gasteiger partial charge in [-0.2, -0.15) is 0 Å². The number of benzene rings is 2. The van der Waals surface area contributed by atoms with Crippen molar-refractivity contribution >= 4 is 5.91 Å². The lowest BCUT2D eigenvalue weighted by molar-refractivity contribution is 0.0966. The van der Waals surface area contributed by atoms with Crippen molar-refractivity contribution in [2.24, 2.45) is 0 Å². The van der Waals surface area contributed by atoms with Crippen LogP contribution in [-0.2, 0) is 6.54 Å². The number of carbonyl (C=O) groups is 1. The van der Waals surface area contributed by atoms with E-state index < -0.39 is 0 Å². The highest BCUT2D eigenvalue weighted by atomic mass is 16.5. The van der Waals surface area contributed by atoms with E-state index in [1.165, 1.54) is 14.2 Å². The molecule has 0 saturated carbocycles. The van der Waals surface area contributed by atoms with Crippen molar-refractivity contribution in [1.29, 1.82) is 0 Å². The fraction of sp³-hybridized carbons (Fsp3) is 0.188. The van der Waals surface area contributed by atoms with Gasteiger partial charge < -0.3 is 19.9 Å². The van der Waals surface area contributed by atoms with Crippen molar-refractivity contribution < 1.29 is 19.4 Å². The summed E-state index contributed by atoms with van der Waals surface area (Å²) in [4.78, 5) is 11.7. The van der Waals surface area contributed by atoms with Crippen molar-refractivity contribution in [3.8, 4) is 28.4 Å². The molecule has 2 aromatic carbocycles. The molecule has 1 aliphatic heterocycles. The van der Waals surface area contributed by atoms with Gasteiger partial charge in [0.15, 0.2) is 11.5 Å². The molecule has 0 saturated heterocycles. The molecule has 0 fully saturated rings. The van der Waals surface area contributed by atoms with Crippen molar-refractivity contribution in [2.75, 3.05) is 14.2 Å². The van der Waals surface area contributed by atoms with E-state index in [1.54, 1.807) is 24.3 Å². The monoisotopic (exact) mass is 285 g/mol. The van der Waals surface area contributed by atoms with E-state index >= 15 is 0 Å². The molecule has 0 aliphatic carbocycles. The minimum absolute atomic E-state index is 0.00426. The van der Waals surface area contributed by atoms with E-state index in [4.69, 9.17) is 9.47 Å². The Morgan fingerprint density at radius 2 is 1.81 bits per heavy atom. The third-order valence-electron chi connectivity index (χ3n) is 3.66. The van der Waals surface area contributed by atoms with E-state index in [2.05, 4.69) is 5.32 Å². The number of methoxy groups -OCH3 is 2. The second-order valence-corrected chi connectivity index (χ2v) is 4.71. The van der Waals surface area contributed by atoms with Gasteiger partial charge in [0.1, 0.15) is 0 Å². The number of ether oxygens (including phenoxy) is 2. The second kappa shape index (κ2) is 5.01. The van der Waals surface area contributed by atoms with Gasteiger partial charge in [0.25, 0.3) is 5.91 Å². The van der Waals surface area contributed by atoms with Crippen molar-refractivity contribution in [3.05, 3.63) is 41.5 Å². The standard InChI is InChI=1S/C16H15NO4/c1-20-13-7-6-10(14(18)15(13)21-2)9-4-3-5-11-12(9)8-17-16(11)19/h3-7,18H,8H2,1-2H3,(H,17,19). The third kappa shape index (κ3) is 1.98. The van der Waals surface area contributed by atoms with Gasteiger partial charge in [0.05, 0.1) is 14.2 Å². The van der Waals surface area contributed by atoms with Gasteiger partial charge in [-0.15, -0.1) is 0 Å². The quantitative estimate of drug-likeness (QED) is 0.908. The molecular formula is C16H15NO4. The Labute approximate surface area is 122 Å². The van der Waals surface area contributed by atoms with Gasteiger partial charge in [0.2, 0.25) is 5.75 Å². The molecule has 0 atom stereocenters. The number of rotatable bonds is 3. The molecule has 1 aliphatic rings. The highest BCUT2D eigenvalue weighted by molar-refractivity contribution is 6.00. The molecule has 0 unspecified atom stereocenters. The molecule has 0 spiro atoms. The molecule has 0 radical (unpaired) electrons. The first-order valence-electron chi connectivity index (χ1n) is 6.51. The zero-order valence-corrected chi connectivity index (χ0v) is 11.8. The van der Waals surface area contributed by atoms with Crippen LogP contribution in [0.5, 0.6) is 17.2 Å². The maximum Gasteiger partial charge on any atom is 0.251 e. The van der Waals surface area contributed by atoms with Crippen molar-refractivity contribution in [2.45, 2.75) is 6.54 Å². The highest BCUT2D eigenvalue weighted by Crippen LogP contribution is 2.44. The number of aromatic hydroxyl groups is 1. The maximum absolute atomic E-state index is 11.7. The maximum atomic E-state index is 11.7. The summed E-state index contributed by atoms with van der Waals surface area (Å²) in [5.74, 6) is 0.654. The summed E-state index contributed by atoms with van der Waals surface area (Å²) in [5.41, 5.74) is 2.94. The van der Waals surface area contributed by atoms with Crippen LogP contribution in [0.3, 0.4) is 0 Å². The van der Waals surface area contributed by atoms with E-state index in [9.17, 15) is 9.90 Å². The number of phenols is 1. The van der Waals surface area contributed by atoms with Crippen LogP contribution in [0, 0.1) is 0 Å². The minimum atomic E-state index is -0.0909. The van der Waals surface area contributed by atoms with Crippen LogP contribution >= 0.6 is 0 Å². The molecule has 0 bridgehead atoms. The van der Waals surface area contributed by atoms with Gasteiger partial charge in [0, 0.05) is 17.7 Å². The summed E-state index contributed by atoms with van der Waals surface area (Å²) in [7, 11) is 2.99. The van der Waals surface area contributed by atoms with Crippen LogP contribution in [0.1, 0.15) is 15.9 Å². The number of phenolic OH excluding ortho intramolecular Hbond substituents is 1. The Kier molecular flexibility index (Phi) is 3.17. The molecule has 2 N–H and O–H groups in total. The fourth-order valence-corrected chi connectivity index (χ4v) is 2.63. The Hall–Kier alpha value is -2.69. The third-order valence-corrected chi connectivity index (χ3v) is 3.66. The van der Waals surface area contributed by atoms with Crippen LogP contribution in [0.4, 0.5) is 0 Å². The van der Waals surface area contributed by atoms with Gasteiger partial charge in [-0.1, -0.05) is 12.1 Å². The van der Waals surface area contributed by atoms with Crippen molar-refractivity contribution in [1.82, 2.24) is 5.32 Å². The Bertz CT molecular complexity index is 724. The molecule has 5 nitrogen and oxygen atoms in total. The Balaban J connectivity index is 2.21. The number of amides is 1. The van der Waals surface area contributed by atoms with Gasteiger partial charge in [-0.3, -0.25) is 4.79 Å². The average molecular weight is 285 g/mol. The van der Waals surface area contributed by atoms with E-state index in [0.29, 0.717) is 23.4 Å². The van der Waals surface area contributed by atoms with E-state index in [1.807, 2.05) is 6.07 Å². The zero-order chi connectivity index (χ0) is 15.0. The molecule has 5 heteroatoms. The number of fused-ring (bicyclic) bond motifs is 1. The number of hydrogen-bond donors (Lipinski definition) is 2. The minimum Gasteiger partial charge on any atom is -0.504 e. The summed E-state index contributed by atoms with van der Waals surface area (Å²) in [5, 5.41) is 13.2. The average Bonchev–Trinajstić information content (AvgIpc) is 2.88. The van der Waals surface area contributed by atoms with Gasteiger partial charge >= 0.3 is 0 Å². The van der Waals surface area contributed by atoms with Gasteiger partial charge in [-0.05, 0) is 29.3 Å². The highest BCUT2D eigenvalue weighted by Gasteiger charge is 2.24. The molecule has 21 heavy (non-hydrogen) atoms. The lowest BCUT2D eigenvalue weighted by Gasteiger charge is -2.14. The SMILES string of the molecule is COc1ccc(-c2cccc3c2CNC3=O)c(O)c1OC. The van der Waals surface area contributed by atoms with Crippen LogP contribution in [-0.4, -0.2) is 25.2 Å². The molecule has 1 heterocycles. The van der Waals surface area contributed by atoms with Crippen LogP contribution < -0.4 is 14.8 Å². The first-order valence-corrected chi connectivity index (χ1v) is 6.51. The molecule has 0 aromatic heterocycles. The predicted octanol–water partition coefficient (Wildman–Crippen LogP) is 2.32. The summed E-state index contributed by atoms with van der Waals surface area (Å²) in [6.07, 6.45) is 0. The molecule has 1 amide bonds. The predicted molar refractivity (Wildman–Crippen MR) is 77.8 cm³/mol. The number of carbonyl (C=O) groups excluding carboxylic acids is 1. The normalized spacial score (nSPS) is 12.8. The lowest BCUT2D eigenvalue weighted by atomic mass is 9.96. The molecule has 108 valence electrons. The smallest absolute Gasteiger partial charge is 0.251 e. The lowest BCUT2D eigenvalue weighted by Crippen LogP contribution is -2.12. The van der Waals surface area contributed by atoms with Crippen LogP contribution in [0.15, 0.2) is 30.3 Å². The Morgan fingerprint density at radius 1 is 1.05 bits per heavy atom. The molecule has 3 rings (SSSR count). The molecular weight excluding hydrogens is 270 g/mol. The van der Waals surface area contributed by atoms with Gasteiger partial charge in [-0.25, -0.2) is 0 Å². The molecule has 2 aromatic rings.